The Balaban J connectivity index is 2.06. The number of carbonyl (C=O) groups excluding carboxylic acids is 2. The average Bonchev–Trinajstić information content (AvgIpc) is 2.84. The molecule has 1 aliphatic heterocycles. The van der Waals surface area contributed by atoms with Gasteiger partial charge in [0.1, 0.15) is 6.04 Å². The Bertz CT molecular complexity index is 306. The van der Waals surface area contributed by atoms with Gasteiger partial charge in [0.25, 0.3) is 0 Å². The van der Waals surface area contributed by atoms with Crippen LogP contribution in [0.5, 0.6) is 0 Å². The molecule has 5 nitrogen and oxygen atoms in total. The lowest BCUT2D eigenvalue weighted by Crippen LogP contribution is -2.48. The van der Waals surface area contributed by atoms with Gasteiger partial charge in [-0.3, -0.25) is 9.59 Å². The van der Waals surface area contributed by atoms with Gasteiger partial charge in [0.2, 0.25) is 11.8 Å². The quantitative estimate of drug-likeness (QED) is 0.669. The number of carbonyl (C=O) groups is 2. The largest absolute Gasteiger partial charge is 0.368 e. The molecule has 1 heterocycles. The molecule has 0 aromatic heterocycles. The number of rotatable bonds is 2. The van der Waals surface area contributed by atoms with Gasteiger partial charge in [-0.15, -0.1) is 0 Å². The standard InChI is InChI=1S/C11H19N3O2/c12-8-4-1-3-7(8)11(16)14-6-2-5-9(14)10(13)15/h7-9H,1-6,12H2,(H2,13,15). The molecule has 90 valence electrons. The Labute approximate surface area is 95.1 Å². The third-order valence-electron chi connectivity index (χ3n) is 3.75. The predicted octanol–water partition coefficient (Wildman–Crippen LogP) is -0.410. The molecule has 0 bridgehead atoms. The van der Waals surface area contributed by atoms with Crippen LogP contribution in [0.1, 0.15) is 32.1 Å². The van der Waals surface area contributed by atoms with Gasteiger partial charge >= 0.3 is 0 Å². The zero-order valence-electron chi connectivity index (χ0n) is 9.39. The second kappa shape index (κ2) is 4.41. The molecule has 1 saturated heterocycles. The maximum Gasteiger partial charge on any atom is 0.240 e. The zero-order valence-corrected chi connectivity index (χ0v) is 9.39. The second-order valence-corrected chi connectivity index (χ2v) is 4.79. The van der Waals surface area contributed by atoms with Crippen molar-refractivity contribution < 1.29 is 9.59 Å². The van der Waals surface area contributed by atoms with E-state index in [9.17, 15) is 9.59 Å². The molecule has 2 amide bonds. The lowest BCUT2D eigenvalue weighted by atomic mass is 10.0. The van der Waals surface area contributed by atoms with Gasteiger partial charge in [0.15, 0.2) is 0 Å². The first-order valence-corrected chi connectivity index (χ1v) is 5.96. The normalized spacial score (nSPS) is 34.3. The van der Waals surface area contributed by atoms with Gasteiger partial charge < -0.3 is 16.4 Å². The van der Waals surface area contributed by atoms with Crippen molar-refractivity contribution in [3.05, 3.63) is 0 Å². The summed E-state index contributed by atoms with van der Waals surface area (Å²) in [5, 5.41) is 0. The molecule has 2 aliphatic rings. The minimum atomic E-state index is -0.403. The fourth-order valence-electron chi connectivity index (χ4n) is 2.83. The molecule has 3 atom stereocenters. The van der Waals surface area contributed by atoms with E-state index in [1.807, 2.05) is 0 Å². The van der Waals surface area contributed by atoms with E-state index in [1.165, 1.54) is 0 Å². The smallest absolute Gasteiger partial charge is 0.240 e. The van der Waals surface area contributed by atoms with Gasteiger partial charge in [-0.05, 0) is 25.7 Å². The highest BCUT2D eigenvalue weighted by molar-refractivity contribution is 5.88. The molecular weight excluding hydrogens is 206 g/mol. The first-order chi connectivity index (χ1) is 7.61. The van der Waals surface area contributed by atoms with Crippen LogP contribution in [0.3, 0.4) is 0 Å². The summed E-state index contributed by atoms with van der Waals surface area (Å²) in [6.45, 7) is 0.648. The van der Waals surface area contributed by atoms with Crippen molar-refractivity contribution in [3.8, 4) is 0 Å². The van der Waals surface area contributed by atoms with Crippen LogP contribution in [0.25, 0.3) is 0 Å². The van der Waals surface area contributed by atoms with Crippen LogP contribution < -0.4 is 11.5 Å². The van der Waals surface area contributed by atoms with Gasteiger partial charge in [-0.1, -0.05) is 6.42 Å². The number of hydrogen-bond acceptors (Lipinski definition) is 3. The van der Waals surface area contributed by atoms with Crippen molar-refractivity contribution in [2.75, 3.05) is 6.54 Å². The zero-order chi connectivity index (χ0) is 11.7. The third-order valence-corrected chi connectivity index (χ3v) is 3.75. The maximum atomic E-state index is 12.2. The Morgan fingerprint density at radius 2 is 1.88 bits per heavy atom. The predicted molar refractivity (Wildman–Crippen MR) is 59.2 cm³/mol. The molecule has 1 saturated carbocycles. The van der Waals surface area contributed by atoms with Gasteiger partial charge in [-0.2, -0.15) is 0 Å². The minimum absolute atomic E-state index is 0.0336. The van der Waals surface area contributed by atoms with E-state index in [0.29, 0.717) is 13.0 Å². The van der Waals surface area contributed by atoms with Crippen molar-refractivity contribution in [1.29, 1.82) is 0 Å². The fourth-order valence-corrected chi connectivity index (χ4v) is 2.83. The number of amides is 2. The Morgan fingerprint density at radius 3 is 2.44 bits per heavy atom. The molecule has 5 heteroatoms. The summed E-state index contributed by atoms with van der Waals surface area (Å²) in [6.07, 6.45) is 4.32. The molecule has 1 aliphatic carbocycles. The van der Waals surface area contributed by atoms with Crippen LogP contribution in [0, 0.1) is 5.92 Å². The summed E-state index contributed by atoms with van der Waals surface area (Å²) >= 11 is 0. The van der Waals surface area contributed by atoms with E-state index in [2.05, 4.69) is 0 Å². The highest BCUT2D eigenvalue weighted by Gasteiger charge is 2.39. The lowest BCUT2D eigenvalue weighted by molar-refractivity contribution is -0.140. The van der Waals surface area contributed by atoms with Crippen molar-refractivity contribution in [1.82, 2.24) is 4.90 Å². The first-order valence-electron chi connectivity index (χ1n) is 5.96. The molecule has 0 aromatic carbocycles. The summed E-state index contributed by atoms with van der Waals surface area (Å²) in [5.74, 6) is -0.455. The van der Waals surface area contributed by atoms with E-state index in [0.717, 1.165) is 25.7 Å². The number of likely N-dealkylation sites (tertiary alicyclic amines) is 1. The number of primary amides is 1. The Kier molecular flexibility index (Phi) is 3.14. The SMILES string of the molecule is NC(=O)C1CCCN1C(=O)C1CCCC1N. The molecule has 3 unspecified atom stereocenters. The highest BCUT2D eigenvalue weighted by atomic mass is 16.2. The van der Waals surface area contributed by atoms with E-state index in [-0.39, 0.29) is 17.9 Å². The average molecular weight is 225 g/mol. The summed E-state index contributed by atoms with van der Waals surface area (Å²) in [6, 6.07) is -0.443. The number of nitrogens with two attached hydrogens (primary N) is 2. The summed E-state index contributed by atoms with van der Waals surface area (Å²) in [4.78, 5) is 25.1. The topological polar surface area (TPSA) is 89.4 Å². The van der Waals surface area contributed by atoms with E-state index < -0.39 is 11.9 Å². The maximum absolute atomic E-state index is 12.2. The van der Waals surface area contributed by atoms with Crippen LogP contribution in [-0.2, 0) is 9.59 Å². The summed E-state index contributed by atoms with van der Waals surface area (Å²) < 4.78 is 0. The monoisotopic (exact) mass is 225 g/mol. The Morgan fingerprint density at radius 1 is 1.12 bits per heavy atom. The molecule has 0 radical (unpaired) electrons. The van der Waals surface area contributed by atoms with Crippen LogP contribution >= 0.6 is 0 Å². The first kappa shape index (κ1) is 11.4. The van der Waals surface area contributed by atoms with Crippen molar-refractivity contribution >= 4 is 11.8 Å². The summed E-state index contributed by atoms with van der Waals surface area (Å²) in [7, 11) is 0. The van der Waals surface area contributed by atoms with Gasteiger partial charge in [-0.25, -0.2) is 0 Å². The molecule has 16 heavy (non-hydrogen) atoms. The summed E-state index contributed by atoms with van der Waals surface area (Å²) in [5.41, 5.74) is 11.2. The highest BCUT2D eigenvalue weighted by Crippen LogP contribution is 2.29. The van der Waals surface area contributed by atoms with Crippen molar-refractivity contribution in [2.45, 2.75) is 44.2 Å². The molecular formula is C11H19N3O2. The third kappa shape index (κ3) is 1.91. The van der Waals surface area contributed by atoms with Crippen LogP contribution in [0.15, 0.2) is 0 Å². The van der Waals surface area contributed by atoms with Gasteiger partial charge in [0.05, 0.1) is 5.92 Å². The molecule has 2 fully saturated rings. The van der Waals surface area contributed by atoms with Crippen LogP contribution in [0.4, 0.5) is 0 Å². The molecule has 0 spiro atoms. The van der Waals surface area contributed by atoms with E-state index >= 15 is 0 Å². The van der Waals surface area contributed by atoms with Crippen molar-refractivity contribution in [2.24, 2.45) is 17.4 Å². The molecule has 0 aromatic rings. The second-order valence-electron chi connectivity index (χ2n) is 4.79. The number of hydrogen-bond donors (Lipinski definition) is 2. The van der Waals surface area contributed by atoms with E-state index in [1.54, 1.807) is 4.90 Å². The molecule has 2 rings (SSSR count). The Hall–Kier alpha value is -1.10. The van der Waals surface area contributed by atoms with Crippen LogP contribution in [-0.4, -0.2) is 35.3 Å². The van der Waals surface area contributed by atoms with Crippen LogP contribution in [0.2, 0.25) is 0 Å². The number of nitrogens with zero attached hydrogens (tertiary/aromatic N) is 1. The lowest BCUT2D eigenvalue weighted by Gasteiger charge is -2.26. The van der Waals surface area contributed by atoms with Gasteiger partial charge in [0, 0.05) is 12.6 Å². The minimum Gasteiger partial charge on any atom is -0.368 e. The van der Waals surface area contributed by atoms with Crippen molar-refractivity contribution in [3.63, 3.8) is 0 Å². The van der Waals surface area contributed by atoms with E-state index in [4.69, 9.17) is 11.5 Å². The molecule has 4 N–H and O–H groups in total. The fraction of sp³-hybridized carbons (Fsp3) is 0.818.